The van der Waals surface area contributed by atoms with Crippen LogP contribution < -0.4 is 0 Å². The summed E-state index contributed by atoms with van der Waals surface area (Å²) in [5, 5.41) is 4.42. The Balaban J connectivity index is 1.42. The number of likely N-dealkylation sites (N-methyl/N-ethyl adjacent to an activating group) is 1. The number of hydrogen-bond donors (Lipinski definition) is 0. The number of halogens is 1. The molecule has 1 saturated heterocycles. The lowest BCUT2D eigenvalue weighted by Gasteiger charge is -2.13. The van der Waals surface area contributed by atoms with Crippen molar-refractivity contribution in [1.29, 1.82) is 0 Å². The number of ether oxygens (including phenoxy) is 1. The Morgan fingerprint density at radius 1 is 1.30 bits per heavy atom. The Morgan fingerprint density at radius 3 is 2.70 bits per heavy atom. The van der Waals surface area contributed by atoms with Gasteiger partial charge in [-0.1, -0.05) is 16.8 Å². The fraction of sp³-hybridized carbons (Fsp3) is 0.353. The van der Waals surface area contributed by atoms with Gasteiger partial charge in [0.25, 0.3) is 5.89 Å². The third kappa shape index (κ3) is 4.62. The van der Waals surface area contributed by atoms with E-state index in [9.17, 15) is 14.4 Å². The summed E-state index contributed by atoms with van der Waals surface area (Å²) in [7, 11) is 1.55. The van der Waals surface area contributed by atoms with Crippen molar-refractivity contribution in [2.75, 3.05) is 20.1 Å². The molecule has 1 aliphatic heterocycles. The van der Waals surface area contributed by atoms with Gasteiger partial charge in [-0.2, -0.15) is 4.98 Å². The molecule has 0 bridgehead atoms. The Hall–Kier alpha value is -2.94. The second-order valence-electron chi connectivity index (χ2n) is 5.97. The molecule has 3 rings (SSSR count). The van der Waals surface area contributed by atoms with Gasteiger partial charge in [-0.15, -0.1) is 0 Å². The van der Waals surface area contributed by atoms with E-state index in [1.54, 1.807) is 31.3 Å². The first-order valence-corrected chi connectivity index (χ1v) is 8.61. The maximum absolute atomic E-state index is 11.8. The standard InChI is InChI=1S/C17H17ClN4O5/c1-21-9-14(23)22(17(21)25)8-2-3-15(24)26-10-13-19-16(20-27-13)11-4-6-12(18)7-5-11/h4-7H,2-3,8-10H2,1H3. The highest BCUT2D eigenvalue weighted by atomic mass is 35.5. The molecule has 27 heavy (non-hydrogen) atoms. The van der Waals surface area contributed by atoms with Gasteiger partial charge in [-0.25, -0.2) is 4.79 Å². The van der Waals surface area contributed by atoms with Crippen LogP contribution in [0.1, 0.15) is 18.7 Å². The molecule has 9 nitrogen and oxygen atoms in total. The molecule has 3 amide bonds. The zero-order valence-corrected chi connectivity index (χ0v) is 15.3. The van der Waals surface area contributed by atoms with E-state index < -0.39 is 5.97 Å². The van der Waals surface area contributed by atoms with E-state index in [1.165, 1.54) is 4.90 Å². The fourth-order valence-corrected chi connectivity index (χ4v) is 2.64. The van der Waals surface area contributed by atoms with Crippen LogP contribution in [-0.2, 0) is 20.9 Å². The molecule has 0 unspecified atom stereocenters. The quantitative estimate of drug-likeness (QED) is 0.524. The molecule has 1 aromatic carbocycles. The van der Waals surface area contributed by atoms with Gasteiger partial charge < -0.3 is 14.2 Å². The van der Waals surface area contributed by atoms with E-state index in [2.05, 4.69) is 10.1 Å². The van der Waals surface area contributed by atoms with E-state index in [4.69, 9.17) is 20.9 Å². The third-order valence-corrected chi connectivity index (χ3v) is 4.17. The first-order valence-electron chi connectivity index (χ1n) is 8.23. The number of benzene rings is 1. The summed E-state index contributed by atoms with van der Waals surface area (Å²) in [4.78, 5) is 41.8. The molecule has 0 N–H and O–H groups in total. The van der Waals surface area contributed by atoms with E-state index in [0.717, 1.165) is 10.5 Å². The minimum atomic E-state index is -0.478. The van der Waals surface area contributed by atoms with Gasteiger partial charge in [0.15, 0.2) is 6.61 Å². The highest BCUT2D eigenvalue weighted by molar-refractivity contribution is 6.30. The molecule has 2 heterocycles. The molecule has 1 fully saturated rings. The van der Waals surface area contributed by atoms with Crippen molar-refractivity contribution in [2.45, 2.75) is 19.4 Å². The van der Waals surface area contributed by atoms with Crippen molar-refractivity contribution in [1.82, 2.24) is 19.9 Å². The molecule has 1 aromatic heterocycles. The first kappa shape index (κ1) is 18.8. The van der Waals surface area contributed by atoms with E-state index in [0.29, 0.717) is 17.3 Å². The zero-order chi connectivity index (χ0) is 19.4. The minimum Gasteiger partial charge on any atom is -0.456 e. The smallest absolute Gasteiger partial charge is 0.326 e. The third-order valence-electron chi connectivity index (χ3n) is 3.92. The van der Waals surface area contributed by atoms with Gasteiger partial charge in [0, 0.05) is 30.6 Å². The lowest BCUT2D eigenvalue weighted by Crippen LogP contribution is -2.32. The van der Waals surface area contributed by atoms with Crippen LogP contribution in [0.3, 0.4) is 0 Å². The Labute approximate surface area is 159 Å². The predicted octanol–water partition coefficient (Wildman–Crippen LogP) is 2.11. The highest BCUT2D eigenvalue weighted by Gasteiger charge is 2.32. The number of nitrogens with zero attached hydrogens (tertiary/aromatic N) is 4. The summed E-state index contributed by atoms with van der Waals surface area (Å²) >= 11 is 5.83. The summed E-state index contributed by atoms with van der Waals surface area (Å²) in [5.41, 5.74) is 0.727. The summed E-state index contributed by atoms with van der Waals surface area (Å²) in [5.74, 6) is -0.210. The summed E-state index contributed by atoms with van der Waals surface area (Å²) in [6.07, 6.45) is 0.392. The number of hydrogen-bond acceptors (Lipinski definition) is 7. The fourth-order valence-electron chi connectivity index (χ4n) is 2.51. The monoisotopic (exact) mass is 392 g/mol. The molecule has 10 heteroatoms. The van der Waals surface area contributed by atoms with Gasteiger partial charge in [0.1, 0.15) is 6.54 Å². The molecule has 0 saturated carbocycles. The molecule has 0 aliphatic carbocycles. The van der Waals surface area contributed by atoms with E-state index >= 15 is 0 Å². The van der Waals surface area contributed by atoms with Crippen LogP contribution in [0, 0.1) is 0 Å². The molecule has 0 radical (unpaired) electrons. The van der Waals surface area contributed by atoms with Crippen molar-refractivity contribution in [3.8, 4) is 11.4 Å². The molecular weight excluding hydrogens is 376 g/mol. The van der Waals surface area contributed by atoms with Gasteiger partial charge in [-0.05, 0) is 30.7 Å². The van der Waals surface area contributed by atoms with Crippen LogP contribution in [0.25, 0.3) is 11.4 Å². The normalized spacial score (nSPS) is 14.1. The topological polar surface area (TPSA) is 106 Å². The van der Waals surface area contributed by atoms with Gasteiger partial charge >= 0.3 is 12.0 Å². The number of carbonyl (C=O) groups excluding carboxylic acids is 3. The lowest BCUT2D eigenvalue weighted by molar-refractivity contribution is -0.146. The van der Waals surface area contributed by atoms with Crippen molar-refractivity contribution in [3.05, 3.63) is 35.2 Å². The van der Waals surface area contributed by atoms with Gasteiger partial charge in [0.05, 0.1) is 0 Å². The maximum atomic E-state index is 11.8. The summed E-state index contributed by atoms with van der Waals surface area (Å²) in [6, 6.07) is 6.57. The Bertz CT molecular complexity index is 851. The van der Waals surface area contributed by atoms with E-state index in [1.807, 2.05) is 0 Å². The molecule has 142 valence electrons. The van der Waals surface area contributed by atoms with Crippen LogP contribution in [0.2, 0.25) is 5.02 Å². The largest absolute Gasteiger partial charge is 0.456 e. The number of urea groups is 1. The molecule has 0 atom stereocenters. The maximum Gasteiger partial charge on any atom is 0.326 e. The SMILES string of the molecule is CN1CC(=O)N(CCCC(=O)OCc2nc(-c3ccc(Cl)cc3)no2)C1=O. The number of esters is 1. The molecule has 0 spiro atoms. The number of aromatic nitrogens is 2. The van der Waals surface area contributed by atoms with E-state index in [-0.39, 0.29) is 43.9 Å². The number of rotatable bonds is 7. The summed E-state index contributed by atoms with van der Waals surface area (Å²) in [6.45, 7) is 0.0957. The van der Waals surface area contributed by atoms with Crippen molar-refractivity contribution < 1.29 is 23.6 Å². The van der Waals surface area contributed by atoms with Gasteiger partial charge in [-0.3, -0.25) is 14.5 Å². The van der Waals surface area contributed by atoms with Crippen molar-refractivity contribution in [2.24, 2.45) is 0 Å². The van der Waals surface area contributed by atoms with Gasteiger partial charge in [0.2, 0.25) is 11.7 Å². The van der Waals surface area contributed by atoms with Crippen LogP contribution in [-0.4, -0.2) is 58.0 Å². The Kier molecular flexibility index (Phi) is 5.70. The van der Waals surface area contributed by atoms with Crippen LogP contribution in [0.4, 0.5) is 4.79 Å². The average molecular weight is 393 g/mol. The van der Waals surface area contributed by atoms with Crippen LogP contribution >= 0.6 is 11.6 Å². The molecule has 2 aromatic rings. The first-order chi connectivity index (χ1) is 12.9. The Morgan fingerprint density at radius 2 is 2.04 bits per heavy atom. The van der Waals surface area contributed by atoms with Crippen molar-refractivity contribution in [3.63, 3.8) is 0 Å². The predicted molar refractivity (Wildman–Crippen MR) is 93.5 cm³/mol. The van der Waals surface area contributed by atoms with Crippen LogP contribution in [0.15, 0.2) is 28.8 Å². The molecular formula is C17H17ClN4O5. The number of carbonyl (C=O) groups is 3. The lowest BCUT2D eigenvalue weighted by atomic mass is 10.2. The second kappa shape index (κ2) is 8.17. The number of imide groups is 1. The molecule has 1 aliphatic rings. The minimum absolute atomic E-state index is 0.0659. The zero-order valence-electron chi connectivity index (χ0n) is 14.6. The van der Waals surface area contributed by atoms with Crippen LogP contribution in [0.5, 0.6) is 0 Å². The number of amides is 3. The summed E-state index contributed by atoms with van der Waals surface area (Å²) < 4.78 is 10.1. The second-order valence-corrected chi connectivity index (χ2v) is 6.40. The average Bonchev–Trinajstić information content (AvgIpc) is 3.21. The highest BCUT2D eigenvalue weighted by Crippen LogP contribution is 2.19. The van der Waals surface area contributed by atoms with Crippen molar-refractivity contribution >= 4 is 29.5 Å².